The molecule has 0 aromatic heterocycles. The Morgan fingerprint density at radius 2 is 0.830 bits per heavy atom. The number of hydrogen-bond acceptors (Lipinski definition) is 9. The summed E-state index contributed by atoms with van der Waals surface area (Å²) in [5.74, 6) is 1.55. The highest BCUT2D eigenvalue weighted by atomic mass is 32.3. The van der Waals surface area contributed by atoms with E-state index in [9.17, 15) is 9.90 Å². The molecule has 0 amide bonds. The van der Waals surface area contributed by atoms with Gasteiger partial charge in [-0.1, -0.05) is 30.3 Å². The van der Waals surface area contributed by atoms with Gasteiger partial charge in [-0.05, 0) is 107 Å². The molecule has 288 valence electrons. The molecule has 0 saturated heterocycles. The van der Waals surface area contributed by atoms with Crippen molar-refractivity contribution >= 4 is 16.3 Å². The molecule has 0 aliphatic carbocycles. The van der Waals surface area contributed by atoms with Crippen LogP contribution in [-0.2, 0) is 4.18 Å². The summed E-state index contributed by atoms with van der Waals surface area (Å²) in [6, 6.07) is 23.0. The van der Waals surface area contributed by atoms with Gasteiger partial charge in [-0.2, -0.15) is 0 Å². The molecule has 9 nitrogen and oxygen atoms in total. The second-order valence-corrected chi connectivity index (χ2v) is 16.8. The number of benzene rings is 4. The highest BCUT2D eigenvalue weighted by Crippen LogP contribution is 2.78. The largest absolute Gasteiger partial charge is 0.507 e. The van der Waals surface area contributed by atoms with Crippen molar-refractivity contribution in [3.63, 3.8) is 0 Å². The highest BCUT2D eigenvalue weighted by Gasteiger charge is 2.47. The number of ether oxygens (including phenoxy) is 6. The van der Waals surface area contributed by atoms with Crippen LogP contribution in [0.15, 0.2) is 93.5 Å². The quantitative estimate of drug-likeness (QED) is 0.113. The van der Waals surface area contributed by atoms with E-state index < -0.39 is 16.3 Å². The molecule has 0 aliphatic rings. The third-order valence-electron chi connectivity index (χ3n) is 7.16. The first-order chi connectivity index (χ1) is 25.0. The summed E-state index contributed by atoms with van der Waals surface area (Å²) in [6.45, 7) is 23.2. The van der Waals surface area contributed by atoms with Crippen LogP contribution in [0.2, 0.25) is 0 Å². The average Bonchev–Trinajstić information content (AvgIpc) is 3.03. The Morgan fingerprint density at radius 3 is 1.17 bits per heavy atom. The molecule has 0 unspecified atom stereocenters. The lowest BCUT2D eigenvalue weighted by molar-refractivity contribution is 0.0753. The van der Waals surface area contributed by atoms with Crippen LogP contribution >= 0.6 is 10.3 Å². The zero-order valence-corrected chi connectivity index (χ0v) is 33.9. The molecule has 0 heterocycles. The molecule has 4 aromatic carbocycles. The fraction of sp³-hybridized carbons (Fsp3) is 0.419. The number of carbonyl (C=O) groups is 1. The fourth-order valence-electron chi connectivity index (χ4n) is 5.60. The molecule has 0 atom stereocenters. The summed E-state index contributed by atoms with van der Waals surface area (Å²) in [5, 5.41) is 11.0. The second kappa shape index (κ2) is 17.9. The van der Waals surface area contributed by atoms with Gasteiger partial charge in [0.25, 0.3) is 0 Å². The van der Waals surface area contributed by atoms with E-state index in [0.717, 1.165) is 0 Å². The first-order valence-electron chi connectivity index (χ1n) is 18.3. The van der Waals surface area contributed by atoms with E-state index in [1.54, 1.807) is 12.1 Å². The summed E-state index contributed by atoms with van der Waals surface area (Å²) in [4.78, 5) is 16.3. The topological polar surface area (TPSA) is 102 Å². The number of aromatic hydroxyl groups is 1. The molecule has 0 aliphatic heterocycles. The maximum Gasteiger partial charge on any atom is 0.353 e. The van der Waals surface area contributed by atoms with Crippen LogP contribution < -0.4 is 28.4 Å². The third-order valence-corrected chi connectivity index (χ3v) is 10.4. The van der Waals surface area contributed by atoms with Crippen molar-refractivity contribution in [1.82, 2.24) is 0 Å². The van der Waals surface area contributed by atoms with Gasteiger partial charge in [0.2, 0.25) is 0 Å². The SMILES string of the molecule is CC(C)Oc1cc(OC(C)C)c(S(OC(=O)c2ccccc2O)(c2ccccc2)c2c(OC(C)C)cc(OC(C)C)cc2OC(C)C)c(OC(C)C)c1. The lowest BCUT2D eigenvalue weighted by Crippen LogP contribution is -2.21. The van der Waals surface area contributed by atoms with Crippen LogP contribution in [0.3, 0.4) is 0 Å². The lowest BCUT2D eigenvalue weighted by atomic mass is 10.2. The Hall–Kier alpha value is -4.70. The van der Waals surface area contributed by atoms with Crippen LogP contribution in [0.25, 0.3) is 0 Å². The van der Waals surface area contributed by atoms with Crippen LogP contribution in [-0.4, -0.2) is 47.7 Å². The van der Waals surface area contributed by atoms with Gasteiger partial charge in [-0.3, -0.25) is 0 Å². The van der Waals surface area contributed by atoms with Gasteiger partial charge in [0, 0.05) is 39.5 Å². The minimum Gasteiger partial charge on any atom is -0.507 e. The molecular weight excluding hydrogens is 693 g/mol. The standard InChI is InChI=1S/C43H56O9S/c1-26(2)46-32-22-37(48-28(5)6)41(38(23-32)49-29(7)8)53(34-18-14-13-15-19-34,52-43(45)35-20-16-17-21-36(35)44)42-39(50-30(9)10)24-33(47-27(3)4)25-40(42)51-31(11)12/h13-31,44H,1-12H3. The molecule has 0 saturated carbocycles. The van der Waals surface area contributed by atoms with Crippen molar-refractivity contribution < 1.29 is 42.5 Å². The smallest absolute Gasteiger partial charge is 0.353 e. The lowest BCUT2D eigenvalue weighted by Gasteiger charge is -2.43. The first-order valence-corrected chi connectivity index (χ1v) is 19.8. The highest BCUT2D eigenvalue weighted by molar-refractivity contribution is 8.30. The van der Waals surface area contributed by atoms with Crippen molar-refractivity contribution in [3.8, 4) is 40.2 Å². The van der Waals surface area contributed by atoms with Crippen LogP contribution in [0, 0.1) is 0 Å². The number of carbonyl (C=O) groups excluding carboxylic acids is 1. The summed E-state index contributed by atoms with van der Waals surface area (Å²) >= 11 is 0. The number of hydrogen-bond donors (Lipinski definition) is 1. The van der Waals surface area contributed by atoms with E-state index in [0.29, 0.717) is 49.2 Å². The minimum absolute atomic E-state index is 0.0184. The number of phenolic OH excluding ortho intramolecular Hbond substituents is 1. The molecule has 4 aromatic rings. The zero-order chi connectivity index (χ0) is 39.0. The van der Waals surface area contributed by atoms with Crippen molar-refractivity contribution in [2.24, 2.45) is 0 Å². The van der Waals surface area contributed by atoms with E-state index in [-0.39, 0.29) is 47.9 Å². The summed E-state index contributed by atoms with van der Waals surface area (Å²) < 4.78 is 46.3. The van der Waals surface area contributed by atoms with Crippen LogP contribution in [0.4, 0.5) is 0 Å². The summed E-state index contributed by atoms with van der Waals surface area (Å²) in [7, 11) is -3.36. The van der Waals surface area contributed by atoms with E-state index in [1.165, 1.54) is 12.1 Å². The van der Waals surface area contributed by atoms with Crippen LogP contribution in [0.5, 0.6) is 40.2 Å². The molecule has 0 spiro atoms. The summed E-state index contributed by atoms with van der Waals surface area (Å²) in [5.41, 5.74) is -0.0184. The normalized spacial score (nSPS) is 12.1. The Bertz CT molecular complexity index is 1670. The van der Waals surface area contributed by atoms with Gasteiger partial charge in [0.05, 0.1) is 36.6 Å². The van der Waals surface area contributed by atoms with E-state index in [4.69, 9.17) is 32.6 Å². The van der Waals surface area contributed by atoms with Crippen molar-refractivity contribution in [2.45, 2.75) is 134 Å². The Labute approximate surface area is 317 Å². The van der Waals surface area contributed by atoms with Gasteiger partial charge in [-0.15, -0.1) is 0 Å². The first kappa shape index (κ1) is 41.1. The average molecular weight is 749 g/mol. The van der Waals surface area contributed by atoms with Gasteiger partial charge in [0.15, 0.2) is 0 Å². The Kier molecular flexibility index (Phi) is 13.9. The van der Waals surface area contributed by atoms with Gasteiger partial charge in [0.1, 0.15) is 55.6 Å². The molecule has 0 bridgehead atoms. The number of para-hydroxylation sites is 1. The van der Waals surface area contributed by atoms with Crippen molar-refractivity contribution in [2.75, 3.05) is 0 Å². The summed E-state index contributed by atoms with van der Waals surface area (Å²) in [6.07, 6.45) is -1.55. The molecule has 53 heavy (non-hydrogen) atoms. The Morgan fingerprint density at radius 1 is 0.491 bits per heavy atom. The van der Waals surface area contributed by atoms with E-state index in [1.807, 2.05) is 138 Å². The fourth-order valence-corrected chi connectivity index (χ4v) is 8.96. The van der Waals surface area contributed by atoms with Crippen molar-refractivity contribution in [1.29, 1.82) is 0 Å². The van der Waals surface area contributed by atoms with E-state index >= 15 is 0 Å². The molecule has 0 fully saturated rings. The maximum atomic E-state index is 14.8. The molecule has 1 N–H and O–H groups in total. The third kappa shape index (κ3) is 10.3. The minimum atomic E-state index is -3.36. The number of phenols is 1. The zero-order valence-electron chi connectivity index (χ0n) is 33.1. The monoisotopic (exact) mass is 748 g/mol. The van der Waals surface area contributed by atoms with Gasteiger partial charge < -0.3 is 37.7 Å². The maximum absolute atomic E-state index is 14.8. The van der Waals surface area contributed by atoms with Gasteiger partial charge >= 0.3 is 5.97 Å². The van der Waals surface area contributed by atoms with E-state index in [2.05, 4.69) is 0 Å². The Balaban J connectivity index is 2.37. The predicted octanol–water partition coefficient (Wildman–Crippen LogP) is 11.2. The van der Waals surface area contributed by atoms with Crippen LogP contribution in [0.1, 0.15) is 93.4 Å². The molecule has 0 radical (unpaired) electrons. The number of rotatable bonds is 17. The molecular formula is C43H56O9S. The second-order valence-electron chi connectivity index (χ2n) is 14.3. The van der Waals surface area contributed by atoms with Gasteiger partial charge in [-0.25, -0.2) is 4.79 Å². The molecule has 10 heteroatoms. The predicted molar refractivity (Wildman–Crippen MR) is 210 cm³/mol. The van der Waals surface area contributed by atoms with Crippen molar-refractivity contribution in [3.05, 3.63) is 84.4 Å². The molecule has 4 rings (SSSR count).